The number of carbonyl (C=O) groups excluding carboxylic acids is 1. The maximum atomic E-state index is 13.0. The van der Waals surface area contributed by atoms with E-state index in [4.69, 9.17) is 10.5 Å². The second-order valence-electron chi connectivity index (χ2n) is 5.23. The highest BCUT2D eigenvalue weighted by atomic mass is 19.1. The molecule has 1 aromatic carbocycles. The summed E-state index contributed by atoms with van der Waals surface area (Å²) < 4.78 is 18.1. The molecule has 1 atom stereocenters. The van der Waals surface area contributed by atoms with Gasteiger partial charge in [0, 0.05) is 39.8 Å². The molecule has 6 heteroatoms. The maximum Gasteiger partial charge on any atom is 0.239 e. The number of benzene rings is 1. The van der Waals surface area contributed by atoms with Gasteiger partial charge in [-0.25, -0.2) is 4.39 Å². The van der Waals surface area contributed by atoms with Crippen LogP contribution in [0.4, 0.5) is 4.39 Å². The second-order valence-corrected chi connectivity index (χ2v) is 5.23. The first-order chi connectivity index (χ1) is 10.1. The van der Waals surface area contributed by atoms with Crippen molar-refractivity contribution in [1.29, 1.82) is 0 Å². The topological polar surface area (TPSA) is 58.8 Å². The molecule has 1 aliphatic heterocycles. The molecule has 2 rings (SSSR count). The summed E-state index contributed by atoms with van der Waals surface area (Å²) in [5, 5.41) is 0. The highest BCUT2D eigenvalue weighted by molar-refractivity contribution is 5.81. The van der Waals surface area contributed by atoms with E-state index in [1.54, 1.807) is 19.2 Å². The van der Waals surface area contributed by atoms with Gasteiger partial charge >= 0.3 is 0 Å². The van der Waals surface area contributed by atoms with E-state index in [1.807, 2.05) is 0 Å². The van der Waals surface area contributed by atoms with Crippen LogP contribution in [0.5, 0.6) is 0 Å². The lowest BCUT2D eigenvalue weighted by atomic mass is 10.0. The highest BCUT2D eigenvalue weighted by Gasteiger charge is 2.28. The maximum absolute atomic E-state index is 13.0. The van der Waals surface area contributed by atoms with Crippen molar-refractivity contribution in [3.8, 4) is 0 Å². The Kier molecular flexibility index (Phi) is 5.67. The fourth-order valence-electron chi connectivity index (χ4n) is 2.67. The molecule has 0 radical (unpaired) electrons. The van der Waals surface area contributed by atoms with Gasteiger partial charge in [-0.15, -0.1) is 0 Å². The number of nitrogens with two attached hydrogens (primary N) is 1. The summed E-state index contributed by atoms with van der Waals surface area (Å²) in [5.41, 5.74) is 6.29. The van der Waals surface area contributed by atoms with Crippen molar-refractivity contribution >= 4 is 5.91 Å². The molecule has 0 aliphatic carbocycles. The molecule has 1 fully saturated rings. The largest absolute Gasteiger partial charge is 0.383 e. The Hall–Kier alpha value is -1.50. The summed E-state index contributed by atoms with van der Waals surface area (Å²) in [6.45, 7) is 4.85. The Labute approximate surface area is 124 Å². The lowest BCUT2D eigenvalue weighted by Gasteiger charge is -2.38. The van der Waals surface area contributed by atoms with Crippen molar-refractivity contribution in [2.75, 3.05) is 46.4 Å². The van der Waals surface area contributed by atoms with Crippen LogP contribution in [-0.4, -0.2) is 62.1 Å². The number of halogens is 1. The van der Waals surface area contributed by atoms with Crippen LogP contribution in [0.1, 0.15) is 11.6 Å². The van der Waals surface area contributed by atoms with Gasteiger partial charge in [-0.1, -0.05) is 12.1 Å². The second kappa shape index (κ2) is 7.49. The number of piperazine rings is 1. The molecular formula is C15H22FN3O2. The van der Waals surface area contributed by atoms with E-state index in [0.717, 1.165) is 38.3 Å². The molecule has 1 amide bonds. The normalized spacial score (nSPS) is 18.6. The Morgan fingerprint density at radius 2 is 1.90 bits per heavy atom. The fraction of sp³-hybridized carbons (Fsp3) is 0.533. The first kappa shape index (κ1) is 15.9. The summed E-state index contributed by atoms with van der Waals surface area (Å²) in [6, 6.07) is 5.49. The lowest BCUT2D eigenvalue weighted by Crippen LogP contribution is -2.50. The third-order valence-corrected chi connectivity index (χ3v) is 3.84. The van der Waals surface area contributed by atoms with Crippen LogP contribution in [0.15, 0.2) is 24.3 Å². The fourth-order valence-corrected chi connectivity index (χ4v) is 2.67. The van der Waals surface area contributed by atoms with Gasteiger partial charge in [0.15, 0.2) is 0 Å². The van der Waals surface area contributed by atoms with Gasteiger partial charge in [0.25, 0.3) is 0 Å². The van der Waals surface area contributed by atoms with Crippen molar-refractivity contribution < 1.29 is 13.9 Å². The molecule has 2 N–H and O–H groups in total. The molecule has 0 saturated carbocycles. The summed E-state index contributed by atoms with van der Waals surface area (Å²) in [4.78, 5) is 16.1. The minimum absolute atomic E-state index is 0.314. The first-order valence-electron chi connectivity index (χ1n) is 7.12. The molecule has 0 spiro atoms. The van der Waals surface area contributed by atoms with Crippen LogP contribution in [0.25, 0.3) is 0 Å². The Morgan fingerprint density at radius 1 is 1.29 bits per heavy atom. The third-order valence-electron chi connectivity index (χ3n) is 3.84. The van der Waals surface area contributed by atoms with Crippen molar-refractivity contribution in [3.05, 3.63) is 35.6 Å². The Bertz CT molecular complexity index is 458. The van der Waals surface area contributed by atoms with Crippen LogP contribution >= 0.6 is 0 Å². The number of hydrogen-bond donors (Lipinski definition) is 1. The van der Waals surface area contributed by atoms with E-state index in [1.165, 1.54) is 12.1 Å². The predicted molar refractivity (Wildman–Crippen MR) is 78.2 cm³/mol. The number of nitrogens with zero attached hydrogens (tertiary/aromatic N) is 2. The zero-order valence-corrected chi connectivity index (χ0v) is 12.3. The lowest BCUT2D eigenvalue weighted by molar-refractivity contribution is -0.124. The summed E-state index contributed by atoms with van der Waals surface area (Å²) in [7, 11) is 1.69. The number of rotatable bonds is 6. The van der Waals surface area contributed by atoms with E-state index < -0.39 is 11.9 Å². The van der Waals surface area contributed by atoms with Gasteiger partial charge in [-0.05, 0) is 17.7 Å². The minimum atomic E-state index is -0.491. The number of carbonyl (C=O) groups is 1. The average molecular weight is 295 g/mol. The molecule has 1 aliphatic rings. The van der Waals surface area contributed by atoms with E-state index in [-0.39, 0.29) is 5.82 Å². The molecule has 0 aromatic heterocycles. The molecule has 1 aromatic rings. The van der Waals surface area contributed by atoms with Gasteiger partial charge in [-0.2, -0.15) is 0 Å². The SMILES string of the molecule is COCCN1CCN([C@H](C(N)=O)c2ccc(F)cc2)CC1. The molecular weight excluding hydrogens is 273 g/mol. The first-order valence-corrected chi connectivity index (χ1v) is 7.12. The van der Waals surface area contributed by atoms with E-state index in [0.29, 0.717) is 6.61 Å². The molecule has 21 heavy (non-hydrogen) atoms. The minimum Gasteiger partial charge on any atom is -0.383 e. The number of primary amides is 1. The van der Waals surface area contributed by atoms with Gasteiger partial charge < -0.3 is 10.5 Å². The standard InChI is InChI=1S/C15H22FN3O2/c1-21-11-10-18-6-8-19(9-7-18)14(15(17)20)12-2-4-13(16)5-3-12/h2-5,14H,6-11H2,1H3,(H2,17,20)/t14-/m0/s1. The predicted octanol–water partition coefficient (Wildman–Crippen LogP) is 0.616. The molecule has 0 unspecified atom stereocenters. The molecule has 5 nitrogen and oxygen atoms in total. The summed E-state index contributed by atoms with van der Waals surface area (Å²) in [6.07, 6.45) is 0. The number of ether oxygens (including phenoxy) is 1. The Balaban J connectivity index is 2.00. The van der Waals surface area contributed by atoms with Gasteiger partial charge in [0.1, 0.15) is 11.9 Å². The number of amides is 1. The van der Waals surface area contributed by atoms with Gasteiger partial charge in [-0.3, -0.25) is 14.6 Å². The molecule has 0 bridgehead atoms. The quantitative estimate of drug-likeness (QED) is 0.836. The van der Waals surface area contributed by atoms with Crippen LogP contribution in [0.2, 0.25) is 0 Å². The van der Waals surface area contributed by atoms with E-state index in [9.17, 15) is 9.18 Å². The zero-order valence-electron chi connectivity index (χ0n) is 12.3. The number of methoxy groups -OCH3 is 1. The van der Waals surface area contributed by atoms with Crippen LogP contribution in [0.3, 0.4) is 0 Å². The highest BCUT2D eigenvalue weighted by Crippen LogP contribution is 2.22. The van der Waals surface area contributed by atoms with Crippen molar-refractivity contribution in [2.24, 2.45) is 5.73 Å². The molecule has 116 valence electrons. The van der Waals surface area contributed by atoms with Gasteiger partial charge in [0.05, 0.1) is 6.61 Å². The van der Waals surface area contributed by atoms with E-state index >= 15 is 0 Å². The van der Waals surface area contributed by atoms with Crippen LogP contribution in [0, 0.1) is 5.82 Å². The van der Waals surface area contributed by atoms with Gasteiger partial charge in [0.2, 0.25) is 5.91 Å². The van der Waals surface area contributed by atoms with Crippen molar-refractivity contribution in [2.45, 2.75) is 6.04 Å². The van der Waals surface area contributed by atoms with Crippen molar-refractivity contribution in [1.82, 2.24) is 9.80 Å². The van der Waals surface area contributed by atoms with Crippen molar-refractivity contribution in [3.63, 3.8) is 0 Å². The van der Waals surface area contributed by atoms with Crippen LogP contribution in [-0.2, 0) is 9.53 Å². The summed E-state index contributed by atoms with van der Waals surface area (Å²) >= 11 is 0. The average Bonchev–Trinajstić information content (AvgIpc) is 2.48. The molecule has 1 heterocycles. The number of hydrogen-bond acceptors (Lipinski definition) is 4. The smallest absolute Gasteiger partial charge is 0.239 e. The Morgan fingerprint density at radius 3 is 2.43 bits per heavy atom. The summed E-state index contributed by atoms with van der Waals surface area (Å²) in [5.74, 6) is -0.710. The van der Waals surface area contributed by atoms with E-state index in [2.05, 4.69) is 9.80 Å². The van der Waals surface area contributed by atoms with Crippen LogP contribution < -0.4 is 5.73 Å². The monoisotopic (exact) mass is 295 g/mol. The third kappa shape index (κ3) is 4.23. The molecule has 1 saturated heterocycles. The zero-order chi connectivity index (χ0) is 15.2.